The first-order valence-corrected chi connectivity index (χ1v) is 7.37. The molecule has 2 unspecified atom stereocenters. The van der Waals surface area contributed by atoms with Crippen molar-refractivity contribution in [2.24, 2.45) is 11.5 Å². The van der Waals surface area contributed by atoms with Crippen molar-refractivity contribution < 1.29 is 8.42 Å². The van der Waals surface area contributed by atoms with Crippen molar-refractivity contribution in [2.45, 2.75) is 9.74 Å². The molecule has 2 aromatic carbocycles. The summed E-state index contributed by atoms with van der Waals surface area (Å²) in [7, 11) is -3.65. The lowest BCUT2D eigenvalue weighted by molar-refractivity contribution is 0.570. The zero-order valence-corrected chi connectivity index (χ0v) is 11.0. The Hall–Kier alpha value is -1.69. The van der Waals surface area contributed by atoms with Crippen molar-refractivity contribution in [3.05, 3.63) is 71.8 Å². The molecule has 0 radical (unpaired) electrons. The van der Waals surface area contributed by atoms with E-state index in [9.17, 15) is 8.42 Å². The Morgan fingerprint density at radius 3 is 1.32 bits per heavy atom. The molecule has 0 aliphatic carbocycles. The zero-order valence-electron chi connectivity index (χ0n) is 10.2. The maximum Gasteiger partial charge on any atom is 0.202 e. The van der Waals surface area contributed by atoms with Gasteiger partial charge in [-0.05, 0) is 11.1 Å². The van der Waals surface area contributed by atoms with Crippen molar-refractivity contribution in [2.75, 3.05) is 0 Å². The van der Waals surface area contributed by atoms with Crippen LogP contribution in [0.2, 0.25) is 0 Å². The normalized spacial score (nSPS) is 31.9. The van der Waals surface area contributed by atoms with Crippen LogP contribution in [0.4, 0.5) is 0 Å². The van der Waals surface area contributed by atoms with Gasteiger partial charge >= 0.3 is 0 Å². The van der Waals surface area contributed by atoms with Crippen LogP contribution in [0.5, 0.6) is 0 Å². The molecule has 0 saturated carbocycles. The van der Waals surface area contributed by atoms with Gasteiger partial charge in [-0.2, -0.15) is 0 Å². The van der Waals surface area contributed by atoms with Crippen molar-refractivity contribution in [3.8, 4) is 0 Å². The largest absolute Gasteiger partial charge is 0.306 e. The molecule has 2 atom stereocenters. The van der Waals surface area contributed by atoms with Gasteiger partial charge in [0.1, 0.15) is 0 Å². The summed E-state index contributed by atoms with van der Waals surface area (Å²) in [4.78, 5) is -3.11. The number of sulfone groups is 1. The summed E-state index contributed by atoms with van der Waals surface area (Å²) in [6.45, 7) is 0. The average Bonchev–Trinajstić information content (AvgIpc) is 2.82. The fourth-order valence-corrected chi connectivity index (χ4v) is 4.77. The predicted octanol–water partition coefficient (Wildman–Crippen LogP) is 1.04. The lowest BCUT2D eigenvalue weighted by atomic mass is 9.95. The summed E-state index contributed by atoms with van der Waals surface area (Å²) in [5.74, 6) is 0. The monoisotopic (exact) mass is 274 g/mol. The van der Waals surface area contributed by atoms with Gasteiger partial charge < -0.3 is 11.5 Å². The molecule has 1 saturated heterocycles. The third-order valence-electron chi connectivity index (χ3n) is 3.76. The summed E-state index contributed by atoms with van der Waals surface area (Å²) < 4.78 is 24.8. The van der Waals surface area contributed by atoms with Gasteiger partial charge in [-0.3, -0.25) is 0 Å². The fraction of sp³-hybridized carbons (Fsp3) is 0.143. The summed E-state index contributed by atoms with van der Waals surface area (Å²) in [5, 5.41) is 0. The number of benzene rings is 2. The first kappa shape index (κ1) is 12.3. The molecular formula is C14H14N2O2S. The van der Waals surface area contributed by atoms with Crippen LogP contribution in [-0.4, -0.2) is 8.42 Å². The average molecular weight is 274 g/mol. The lowest BCUT2D eigenvalue weighted by Crippen LogP contribution is -2.37. The Morgan fingerprint density at radius 1 is 0.684 bits per heavy atom. The summed E-state index contributed by atoms with van der Waals surface area (Å²) >= 11 is 0. The van der Waals surface area contributed by atoms with E-state index in [4.69, 9.17) is 11.5 Å². The van der Waals surface area contributed by atoms with Crippen molar-refractivity contribution in [1.29, 1.82) is 0 Å². The molecule has 0 bridgehead atoms. The third kappa shape index (κ3) is 1.27. The molecule has 1 heterocycles. The van der Waals surface area contributed by atoms with Gasteiger partial charge in [-0.1, -0.05) is 60.7 Å². The Bertz CT molecular complexity index is 658. The standard InChI is InChI=1S/C14H14N2O2S/c15-13(11-7-3-1-4-8-11)14(16,19(13,17)18)12-9-5-2-6-10-12/h1-10H,15-16H2. The predicted molar refractivity (Wildman–Crippen MR) is 73.5 cm³/mol. The number of hydrogen-bond acceptors (Lipinski definition) is 4. The van der Waals surface area contributed by atoms with Crippen LogP contribution in [0.15, 0.2) is 60.7 Å². The van der Waals surface area contributed by atoms with Crippen molar-refractivity contribution in [3.63, 3.8) is 0 Å². The van der Waals surface area contributed by atoms with E-state index >= 15 is 0 Å². The topological polar surface area (TPSA) is 86.2 Å². The van der Waals surface area contributed by atoms with Gasteiger partial charge in [0.05, 0.1) is 0 Å². The van der Waals surface area contributed by atoms with Crippen LogP contribution in [0.1, 0.15) is 11.1 Å². The van der Waals surface area contributed by atoms with Crippen LogP contribution in [0.25, 0.3) is 0 Å². The van der Waals surface area contributed by atoms with Crippen LogP contribution in [0, 0.1) is 0 Å². The highest BCUT2D eigenvalue weighted by molar-refractivity contribution is 8.00. The maximum absolute atomic E-state index is 12.4. The third-order valence-corrected chi connectivity index (χ3v) is 6.37. The second-order valence-corrected chi connectivity index (χ2v) is 7.00. The second-order valence-electron chi connectivity index (χ2n) is 4.71. The van der Waals surface area contributed by atoms with E-state index in [-0.39, 0.29) is 0 Å². The summed E-state index contributed by atoms with van der Waals surface area (Å²) in [6.07, 6.45) is 0. The number of rotatable bonds is 2. The first-order chi connectivity index (χ1) is 8.96. The minimum atomic E-state index is -3.65. The molecule has 2 aromatic rings. The van der Waals surface area contributed by atoms with E-state index in [0.29, 0.717) is 11.1 Å². The van der Waals surface area contributed by atoms with Gasteiger partial charge in [0.2, 0.25) is 9.84 Å². The molecule has 3 rings (SSSR count). The Kier molecular flexibility index (Phi) is 2.38. The van der Waals surface area contributed by atoms with Crippen LogP contribution < -0.4 is 11.5 Å². The van der Waals surface area contributed by atoms with Gasteiger partial charge in [0.15, 0.2) is 9.74 Å². The van der Waals surface area contributed by atoms with E-state index in [1.54, 1.807) is 48.5 Å². The van der Waals surface area contributed by atoms with E-state index in [1.165, 1.54) is 0 Å². The van der Waals surface area contributed by atoms with Crippen molar-refractivity contribution >= 4 is 9.84 Å². The van der Waals surface area contributed by atoms with E-state index in [1.807, 2.05) is 12.1 Å². The molecule has 5 heteroatoms. The molecule has 1 aliphatic heterocycles. The molecule has 1 fully saturated rings. The fourth-order valence-electron chi connectivity index (χ4n) is 2.55. The molecule has 4 N–H and O–H groups in total. The number of nitrogens with two attached hydrogens (primary N) is 2. The Morgan fingerprint density at radius 2 is 1.00 bits per heavy atom. The molecule has 98 valence electrons. The van der Waals surface area contributed by atoms with Crippen LogP contribution >= 0.6 is 0 Å². The highest BCUT2D eigenvalue weighted by atomic mass is 32.2. The zero-order chi connectivity index (χ0) is 13.7. The molecular weight excluding hydrogens is 260 g/mol. The highest BCUT2D eigenvalue weighted by Gasteiger charge is 2.82. The molecule has 0 spiro atoms. The molecule has 4 nitrogen and oxygen atoms in total. The molecule has 19 heavy (non-hydrogen) atoms. The van der Waals surface area contributed by atoms with Crippen LogP contribution in [0.3, 0.4) is 0 Å². The van der Waals surface area contributed by atoms with E-state index < -0.39 is 19.6 Å². The smallest absolute Gasteiger partial charge is 0.202 e. The lowest BCUT2D eigenvalue weighted by Gasteiger charge is -2.13. The minimum Gasteiger partial charge on any atom is -0.306 e. The second kappa shape index (κ2) is 3.66. The van der Waals surface area contributed by atoms with Gasteiger partial charge in [0, 0.05) is 0 Å². The van der Waals surface area contributed by atoms with Gasteiger partial charge in [-0.15, -0.1) is 0 Å². The first-order valence-electron chi connectivity index (χ1n) is 5.89. The van der Waals surface area contributed by atoms with Gasteiger partial charge in [0.25, 0.3) is 0 Å². The summed E-state index contributed by atoms with van der Waals surface area (Å²) in [6, 6.07) is 17.4. The summed E-state index contributed by atoms with van der Waals surface area (Å²) in [5.41, 5.74) is 13.3. The number of hydrogen-bond donors (Lipinski definition) is 2. The van der Waals surface area contributed by atoms with Gasteiger partial charge in [-0.25, -0.2) is 8.42 Å². The Labute approximate surface area is 112 Å². The minimum absolute atomic E-state index is 0.515. The highest BCUT2D eigenvalue weighted by Crippen LogP contribution is 2.61. The SMILES string of the molecule is NC1(c2ccccc2)C(N)(c2ccccc2)S1(=O)=O. The maximum atomic E-state index is 12.4. The molecule has 0 amide bonds. The van der Waals surface area contributed by atoms with Crippen LogP contribution in [-0.2, 0) is 19.6 Å². The van der Waals surface area contributed by atoms with E-state index in [2.05, 4.69) is 0 Å². The van der Waals surface area contributed by atoms with Crippen molar-refractivity contribution in [1.82, 2.24) is 0 Å². The molecule has 0 aromatic heterocycles. The quantitative estimate of drug-likeness (QED) is 0.801. The molecule has 1 aliphatic rings. The Balaban J connectivity index is 2.21. The van der Waals surface area contributed by atoms with E-state index in [0.717, 1.165) is 0 Å².